The van der Waals surface area contributed by atoms with Crippen LogP contribution >= 0.6 is 11.3 Å². The van der Waals surface area contributed by atoms with Crippen molar-refractivity contribution in [3.05, 3.63) is 53.4 Å². The zero-order valence-corrected chi connectivity index (χ0v) is 19.4. The van der Waals surface area contributed by atoms with E-state index in [1.165, 1.54) is 32.7 Å². The maximum absolute atomic E-state index is 13.1. The Labute approximate surface area is 194 Å². The van der Waals surface area contributed by atoms with E-state index in [4.69, 9.17) is 29.7 Å². The number of ether oxygens (including phenoxy) is 4. The summed E-state index contributed by atoms with van der Waals surface area (Å²) in [6, 6.07) is 14.7. The molecule has 0 atom stereocenters. The van der Waals surface area contributed by atoms with E-state index in [1.807, 2.05) is 36.4 Å². The quantitative estimate of drug-likeness (QED) is 0.403. The molecule has 0 aliphatic carbocycles. The molecular weight excluding hydrogens is 442 g/mol. The van der Waals surface area contributed by atoms with Crippen LogP contribution in [0.5, 0.6) is 23.0 Å². The van der Waals surface area contributed by atoms with E-state index < -0.39 is 0 Å². The van der Waals surface area contributed by atoms with Crippen LogP contribution in [-0.2, 0) is 0 Å². The summed E-state index contributed by atoms with van der Waals surface area (Å²) in [6.07, 6.45) is 0. The molecule has 0 aliphatic rings. The van der Waals surface area contributed by atoms with Gasteiger partial charge in [-0.2, -0.15) is 0 Å². The summed E-state index contributed by atoms with van der Waals surface area (Å²) >= 11 is 1.23. The number of benzene rings is 2. The molecule has 33 heavy (non-hydrogen) atoms. The van der Waals surface area contributed by atoms with Gasteiger partial charge in [0.25, 0.3) is 5.91 Å². The minimum absolute atomic E-state index is 0.354. The van der Waals surface area contributed by atoms with Gasteiger partial charge in [-0.25, -0.2) is 4.98 Å². The maximum Gasteiger partial charge on any atom is 0.267 e. The number of hydrogen-bond donors (Lipinski definition) is 2. The van der Waals surface area contributed by atoms with Crippen LogP contribution in [-0.4, -0.2) is 39.3 Å². The van der Waals surface area contributed by atoms with Gasteiger partial charge < -0.3 is 30.0 Å². The second kappa shape index (κ2) is 9.25. The normalized spacial score (nSPS) is 10.7. The van der Waals surface area contributed by atoms with Crippen molar-refractivity contribution in [3.63, 3.8) is 0 Å². The SMILES string of the molecule is COc1cccc(-c2ccc3c(N)c(C(=O)Nc4cc(OC)c(OC)c(OC)c4)sc3n2)c1. The Morgan fingerprint density at radius 2 is 1.67 bits per heavy atom. The van der Waals surface area contributed by atoms with E-state index in [2.05, 4.69) is 5.32 Å². The van der Waals surface area contributed by atoms with Crippen LogP contribution in [0.25, 0.3) is 21.5 Å². The van der Waals surface area contributed by atoms with Gasteiger partial charge in [0, 0.05) is 28.8 Å². The fraction of sp³-hybridized carbons (Fsp3) is 0.167. The first-order chi connectivity index (χ1) is 16.0. The molecule has 2 aromatic carbocycles. The van der Waals surface area contributed by atoms with Gasteiger partial charge in [-0.05, 0) is 24.3 Å². The summed E-state index contributed by atoms with van der Waals surface area (Å²) in [5.74, 6) is 1.69. The lowest BCUT2D eigenvalue weighted by molar-refractivity contribution is 0.103. The summed E-state index contributed by atoms with van der Waals surface area (Å²) < 4.78 is 21.3. The Bertz CT molecular complexity index is 1310. The third-order valence-electron chi connectivity index (χ3n) is 5.09. The van der Waals surface area contributed by atoms with Gasteiger partial charge >= 0.3 is 0 Å². The Hall–Kier alpha value is -3.98. The fourth-order valence-electron chi connectivity index (χ4n) is 3.45. The Kier molecular flexibility index (Phi) is 6.23. The minimum atomic E-state index is -0.354. The molecule has 9 heteroatoms. The molecular formula is C24H23N3O5S. The van der Waals surface area contributed by atoms with Crippen LogP contribution in [0, 0.1) is 0 Å². The van der Waals surface area contributed by atoms with Crippen LogP contribution in [0.4, 0.5) is 11.4 Å². The number of amides is 1. The van der Waals surface area contributed by atoms with Gasteiger partial charge in [-0.15, -0.1) is 11.3 Å². The van der Waals surface area contributed by atoms with Crippen LogP contribution < -0.4 is 30.0 Å². The number of methoxy groups -OCH3 is 4. The van der Waals surface area contributed by atoms with Crippen molar-refractivity contribution in [1.82, 2.24) is 4.98 Å². The van der Waals surface area contributed by atoms with E-state index >= 15 is 0 Å². The molecule has 0 spiro atoms. The van der Waals surface area contributed by atoms with Gasteiger partial charge in [0.2, 0.25) is 5.75 Å². The number of nitrogen functional groups attached to an aromatic ring is 1. The number of aromatic nitrogens is 1. The number of rotatable bonds is 7. The Morgan fingerprint density at radius 3 is 2.30 bits per heavy atom. The van der Waals surface area contributed by atoms with E-state index in [0.29, 0.717) is 38.3 Å². The highest BCUT2D eigenvalue weighted by Crippen LogP contribution is 2.41. The zero-order valence-electron chi connectivity index (χ0n) is 18.6. The minimum Gasteiger partial charge on any atom is -0.497 e. The lowest BCUT2D eigenvalue weighted by Gasteiger charge is -2.14. The van der Waals surface area contributed by atoms with Crippen molar-refractivity contribution in [2.45, 2.75) is 0 Å². The lowest BCUT2D eigenvalue weighted by Crippen LogP contribution is -2.12. The molecule has 170 valence electrons. The molecule has 8 nitrogen and oxygen atoms in total. The number of nitrogens with two attached hydrogens (primary N) is 1. The third-order valence-corrected chi connectivity index (χ3v) is 6.20. The predicted molar refractivity (Wildman–Crippen MR) is 130 cm³/mol. The van der Waals surface area contributed by atoms with Crippen LogP contribution in [0.15, 0.2) is 48.5 Å². The van der Waals surface area contributed by atoms with Gasteiger partial charge in [0.1, 0.15) is 15.5 Å². The molecule has 4 aromatic rings. The second-order valence-corrected chi connectivity index (χ2v) is 7.99. The van der Waals surface area contributed by atoms with Crippen LogP contribution in [0.1, 0.15) is 9.67 Å². The molecule has 0 fully saturated rings. The number of anilines is 2. The van der Waals surface area contributed by atoms with Gasteiger partial charge in [-0.1, -0.05) is 12.1 Å². The number of hydrogen-bond acceptors (Lipinski definition) is 8. The second-order valence-electron chi connectivity index (χ2n) is 6.99. The first-order valence-electron chi connectivity index (χ1n) is 9.93. The van der Waals surface area contributed by atoms with Gasteiger partial charge in [0.05, 0.1) is 39.8 Å². The third kappa shape index (κ3) is 4.22. The molecule has 4 rings (SSSR count). The van der Waals surface area contributed by atoms with Crippen molar-refractivity contribution >= 4 is 38.8 Å². The average molecular weight is 466 g/mol. The molecule has 0 radical (unpaired) electrons. The topological polar surface area (TPSA) is 105 Å². The number of carbonyl (C=O) groups is 1. The number of nitrogens with zero attached hydrogens (tertiary/aromatic N) is 1. The maximum atomic E-state index is 13.1. The number of pyridine rings is 1. The van der Waals surface area contributed by atoms with Crippen molar-refractivity contribution in [2.75, 3.05) is 39.5 Å². The zero-order chi connectivity index (χ0) is 23.5. The molecule has 2 aromatic heterocycles. The van der Waals surface area contributed by atoms with Gasteiger partial charge in [-0.3, -0.25) is 4.79 Å². The van der Waals surface area contributed by atoms with Crippen molar-refractivity contribution in [3.8, 4) is 34.3 Å². The monoisotopic (exact) mass is 465 g/mol. The average Bonchev–Trinajstić information content (AvgIpc) is 3.19. The number of carbonyl (C=O) groups excluding carboxylic acids is 1. The van der Waals surface area contributed by atoms with Crippen molar-refractivity contribution in [2.24, 2.45) is 0 Å². The van der Waals surface area contributed by atoms with E-state index in [-0.39, 0.29) is 5.91 Å². The summed E-state index contributed by atoms with van der Waals surface area (Å²) in [7, 11) is 6.16. The van der Waals surface area contributed by atoms with Crippen LogP contribution in [0.3, 0.4) is 0 Å². The van der Waals surface area contributed by atoms with E-state index in [9.17, 15) is 4.79 Å². The lowest BCUT2D eigenvalue weighted by atomic mass is 10.1. The molecule has 3 N–H and O–H groups in total. The fourth-order valence-corrected chi connectivity index (χ4v) is 4.44. The molecule has 0 saturated heterocycles. The number of thiophene rings is 1. The molecule has 0 saturated carbocycles. The first-order valence-corrected chi connectivity index (χ1v) is 10.8. The molecule has 2 heterocycles. The summed E-state index contributed by atoms with van der Waals surface area (Å²) in [4.78, 5) is 18.8. The largest absolute Gasteiger partial charge is 0.497 e. The Balaban J connectivity index is 1.67. The van der Waals surface area contributed by atoms with Crippen LogP contribution in [0.2, 0.25) is 0 Å². The predicted octanol–water partition coefficient (Wildman–Crippen LogP) is 4.83. The molecule has 0 bridgehead atoms. The smallest absolute Gasteiger partial charge is 0.267 e. The molecule has 0 unspecified atom stereocenters. The highest BCUT2D eigenvalue weighted by molar-refractivity contribution is 7.21. The summed E-state index contributed by atoms with van der Waals surface area (Å²) in [5, 5.41) is 3.58. The van der Waals surface area contributed by atoms with Crippen molar-refractivity contribution in [1.29, 1.82) is 0 Å². The number of nitrogens with one attached hydrogen (secondary N) is 1. The standard InChI is InChI=1S/C24H23N3O5S/c1-29-15-7-5-6-13(10-15)17-9-8-16-20(25)22(33-24(16)27-17)23(28)26-14-11-18(30-2)21(32-4)19(12-14)31-3/h5-12H,25H2,1-4H3,(H,26,28). The molecule has 1 amide bonds. The van der Waals surface area contributed by atoms with Gasteiger partial charge in [0.15, 0.2) is 11.5 Å². The summed E-state index contributed by atoms with van der Waals surface area (Å²) in [5.41, 5.74) is 8.84. The first kappa shape index (κ1) is 22.2. The summed E-state index contributed by atoms with van der Waals surface area (Å²) in [6.45, 7) is 0. The van der Waals surface area contributed by atoms with E-state index in [1.54, 1.807) is 19.2 Å². The highest BCUT2D eigenvalue weighted by atomic mass is 32.1. The number of fused-ring (bicyclic) bond motifs is 1. The van der Waals surface area contributed by atoms with Crippen molar-refractivity contribution < 1.29 is 23.7 Å². The Morgan fingerprint density at radius 1 is 0.939 bits per heavy atom. The van der Waals surface area contributed by atoms with E-state index in [0.717, 1.165) is 22.4 Å². The highest BCUT2D eigenvalue weighted by Gasteiger charge is 2.20. The molecule has 0 aliphatic heterocycles.